The van der Waals surface area contributed by atoms with Crippen molar-refractivity contribution in [3.8, 4) is 0 Å². The minimum Gasteiger partial charge on any atom is -0.289 e. The average molecular weight is 349 g/mol. The van der Waals surface area contributed by atoms with E-state index < -0.39 is 0 Å². The molecule has 0 aliphatic heterocycles. The fourth-order valence-electron chi connectivity index (χ4n) is 4.16. The molecular weight excluding hydrogens is 316 g/mol. The molecule has 1 aromatic carbocycles. The second-order valence-corrected chi connectivity index (χ2v) is 9.99. The number of Topliss-reactive ketones (excluding diaryl/α,β-unsaturated/α-hetero) is 1. The van der Waals surface area contributed by atoms with Crippen molar-refractivity contribution in [3.05, 3.63) is 65.3 Å². The predicted octanol–water partition coefficient (Wildman–Crippen LogP) is 6.77. The summed E-state index contributed by atoms with van der Waals surface area (Å²) in [5.74, 6) is 0.242. The standard InChI is InChI=1S/C25H32O/c1-23(2,3)20-16-25(17-21(22(20)26)24(4,5)6)14-10-13-19(15-25)18-11-8-7-9-12-18/h7-9,11-13,16-17H,10,14-15H2,1-6H3. The monoisotopic (exact) mass is 348 g/mol. The molecule has 2 aliphatic rings. The van der Waals surface area contributed by atoms with Gasteiger partial charge in [0.25, 0.3) is 0 Å². The largest absolute Gasteiger partial charge is 0.289 e. The third-order valence-electron chi connectivity index (χ3n) is 5.63. The highest BCUT2D eigenvalue weighted by Crippen LogP contribution is 2.50. The van der Waals surface area contributed by atoms with Gasteiger partial charge in [-0.05, 0) is 41.2 Å². The number of hydrogen-bond donors (Lipinski definition) is 0. The van der Waals surface area contributed by atoms with Crippen LogP contribution in [0, 0.1) is 16.2 Å². The summed E-state index contributed by atoms with van der Waals surface area (Å²) in [7, 11) is 0. The molecule has 0 saturated carbocycles. The lowest BCUT2D eigenvalue weighted by Gasteiger charge is -2.41. The summed E-state index contributed by atoms with van der Waals surface area (Å²) in [6.07, 6.45) is 10.1. The number of hydrogen-bond acceptors (Lipinski definition) is 1. The molecule has 138 valence electrons. The molecule has 0 bridgehead atoms. The van der Waals surface area contributed by atoms with Crippen molar-refractivity contribution in [2.45, 2.75) is 60.8 Å². The summed E-state index contributed by atoms with van der Waals surface area (Å²) in [4.78, 5) is 13.2. The van der Waals surface area contributed by atoms with E-state index in [1.165, 1.54) is 11.1 Å². The van der Waals surface area contributed by atoms with Crippen LogP contribution in [0.2, 0.25) is 0 Å². The van der Waals surface area contributed by atoms with Gasteiger partial charge in [-0.25, -0.2) is 0 Å². The Hall–Kier alpha value is -1.89. The van der Waals surface area contributed by atoms with Gasteiger partial charge in [0.1, 0.15) is 0 Å². The van der Waals surface area contributed by atoms with Gasteiger partial charge in [-0.15, -0.1) is 0 Å². The molecule has 26 heavy (non-hydrogen) atoms. The van der Waals surface area contributed by atoms with Crippen LogP contribution < -0.4 is 0 Å². The predicted molar refractivity (Wildman–Crippen MR) is 111 cm³/mol. The molecule has 0 aromatic heterocycles. The summed E-state index contributed by atoms with van der Waals surface area (Å²) >= 11 is 0. The normalized spacial score (nSPS) is 20.5. The van der Waals surface area contributed by atoms with Gasteiger partial charge in [0.15, 0.2) is 5.78 Å². The first-order chi connectivity index (χ1) is 12.0. The maximum atomic E-state index is 13.2. The van der Waals surface area contributed by atoms with E-state index in [9.17, 15) is 4.79 Å². The van der Waals surface area contributed by atoms with E-state index in [1.807, 2.05) is 0 Å². The van der Waals surface area contributed by atoms with Gasteiger partial charge in [-0.3, -0.25) is 4.79 Å². The molecule has 2 aliphatic carbocycles. The van der Waals surface area contributed by atoms with Crippen LogP contribution in [0.25, 0.3) is 5.57 Å². The highest BCUT2D eigenvalue weighted by molar-refractivity contribution is 6.11. The number of benzene rings is 1. The van der Waals surface area contributed by atoms with Crippen molar-refractivity contribution in [3.63, 3.8) is 0 Å². The number of rotatable bonds is 1. The highest BCUT2D eigenvalue weighted by Gasteiger charge is 2.41. The van der Waals surface area contributed by atoms with Crippen LogP contribution in [-0.2, 0) is 4.79 Å². The molecule has 1 spiro atoms. The maximum absolute atomic E-state index is 13.2. The van der Waals surface area contributed by atoms with Crippen molar-refractivity contribution >= 4 is 11.4 Å². The van der Waals surface area contributed by atoms with Crippen LogP contribution >= 0.6 is 0 Å². The van der Waals surface area contributed by atoms with Gasteiger partial charge in [0, 0.05) is 16.6 Å². The zero-order valence-electron chi connectivity index (χ0n) is 17.1. The van der Waals surface area contributed by atoms with E-state index in [0.29, 0.717) is 0 Å². The summed E-state index contributed by atoms with van der Waals surface area (Å²) in [6, 6.07) is 10.7. The third kappa shape index (κ3) is 3.63. The first-order valence-electron chi connectivity index (χ1n) is 9.78. The second-order valence-electron chi connectivity index (χ2n) is 9.99. The topological polar surface area (TPSA) is 17.1 Å². The van der Waals surface area contributed by atoms with E-state index in [2.05, 4.69) is 90.1 Å². The zero-order chi connectivity index (χ0) is 19.2. The van der Waals surface area contributed by atoms with Crippen molar-refractivity contribution < 1.29 is 4.79 Å². The Morgan fingerprint density at radius 3 is 1.88 bits per heavy atom. The van der Waals surface area contributed by atoms with Gasteiger partial charge in [-0.2, -0.15) is 0 Å². The average Bonchev–Trinajstić information content (AvgIpc) is 2.56. The Morgan fingerprint density at radius 2 is 1.38 bits per heavy atom. The van der Waals surface area contributed by atoms with Crippen molar-refractivity contribution in [2.24, 2.45) is 16.2 Å². The van der Waals surface area contributed by atoms with E-state index in [4.69, 9.17) is 0 Å². The molecule has 0 amide bonds. The quantitative estimate of drug-likeness (QED) is 0.547. The van der Waals surface area contributed by atoms with Gasteiger partial charge in [-0.1, -0.05) is 90.1 Å². The summed E-state index contributed by atoms with van der Waals surface area (Å²) in [6.45, 7) is 13.0. The van der Waals surface area contributed by atoms with Crippen molar-refractivity contribution in [1.29, 1.82) is 0 Å². The van der Waals surface area contributed by atoms with Gasteiger partial charge < -0.3 is 0 Å². The molecule has 1 aromatic rings. The van der Waals surface area contributed by atoms with Crippen molar-refractivity contribution in [2.75, 3.05) is 0 Å². The summed E-state index contributed by atoms with van der Waals surface area (Å²) < 4.78 is 0. The molecule has 0 unspecified atom stereocenters. The highest BCUT2D eigenvalue weighted by atomic mass is 16.1. The molecule has 0 N–H and O–H groups in total. The summed E-state index contributed by atoms with van der Waals surface area (Å²) in [5, 5.41) is 0. The lowest BCUT2D eigenvalue weighted by atomic mass is 9.62. The third-order valence-corrected chi connectivity index (χ3v) is 5.63. The zero-order valence-corrected chi connectivity index (χ0v) is 17.1. The first-order valence-corrected chi connectivity index (χ1v) is 9.78. The minimum absolute atomic E-state index is 0.0426. The molecule has 1 nitrogen and oxygen atoms in total. The van der Waals surface area contributed by atoms with E-state index >= 15 is 0 Å². The van der Waals surface area contributed by atoms with Gasteiger partial charge in [0.05, 0.1) is 0 Å². The minimum atomic E-state index is -0.136. The van der Waals surface area contributed by atoms with E-state index in [1.54, 1.807) is 0 Å². The maximum Gasteiger partial charge on any atom is 0.185 e. The first kappa shape index (κ1) is 18.9. The lowest BCUT2D eigenvalue weighted by Crippen LogP contribution is -2.34. The van der Waals surface area contributed by atoms with E-state index in [0.717, 1.165) is 30.4 Å². The Morgan fingerprint density at radius 1 is 0.846 bits per heavy atom. The molecule has 1 heteroatoms. The molecule has 0 saturated heterocycles. The fraction of sp³-hybridized carbons (Fsp3) is 0.480. The Bertz CT molecular complexity index is 755. The molecular formula is C25H32O. The number of allylic oxidation sites excluding steroid dienone is 6. The molecule has 0 atom stereocenters. The Balaban J connectivity index is 2.09. The van der Waals surface area contributed by atoms with Gasteiger partial charge >= 0.3 is 0 Å². The Labute approximate surface area is 158 Å². The smallest absolute Gasteiger partial charge is 0.185 e. The van der Waals surface area contributed by atoms with Gasteiger partial charge in [0.2, 0.25) is 0 Å². The van der Waals surface area contributed by atoms with Crippen LogP contribution in [0.15, 0.2) is 59.7 Å². The van der Waals surface area contributed by atoms with Crippen LogP contribution in [0.3, 0.4) is 0 Å². The lowest BCUT2D eigenvalue weighted by molar-refractivity contribution is -0.114. The Kier molecular flexibility index (Phi) is 4.63. The van der Waals surface area contributed by atoms with Crippen LogP contribution in [0.5, 0.6) is 0 Å². The fourth-order valence-corrected chi connectivity index (χ4v) is 4.16. The van der Waals surface area contributed by atoms with Crippen LogP contribution in [-0.4, -0.2) is 5.78 Å². The van der Waals surface area contributed by atoms with Crippen LogP contribution in [0.1, 0.15) is 66.4 Å². The molecule has 3 rings (SSSR count). The molecule has 0 heterocycles. The number of carbonyl (C=O) groups is 1. The van der Waals surface area contributed by atoms with Crippen LogP contribution in [0.4, 0.5) is 0 Å². The SMILES string of the molecule is CC(C)(C)C1=CC2(C=C(C(C)(C)C)C1=O)CCC=C(c1ccccc1)C2. The second kappa shape index (κ2) is 6.37. The summed E-state index contributed by atoms with van der Waals surface area (Å²) in [5.41, 5.74) is 4.36. The van der Waals surface area contributed by atoms with Crippen molar-refractivity contribution in [1.82, 2.24) is 0 Å². The molecule has 0 fully saturated rings. The number of carbonyl (C=O) groups excluding carboxylic acids is 1. The molecule has 0 radical (unpaired) electrons. The number of ketones is 1. The van der Waals surface area contributed by atoms with E-state index in [-0.39, 0.29) is 22.0 Å².